The van der Waals surface area contributed by atoms with Crippen molar-refractivity contribution < 1.29 is 0 Å². The van der Waals surface area contributed by atoms with E-state index in [-0.39, 0.29) is 0 Å². The molecule has 1 aromatic carbocycles. The maximum Gasteiger partial charge on any atom is 0.193 e. The Hall–Kier alpha value is -2.60. The Labute approximate surface area is 165 Å². The van der Waals surface area contributed by atoms with E-state index in [4.69, 9.17) is 4.99 Å². The number of hydrogen-bond acceptors (Lipinski definition) is 3. The summed E-state index contributed by atoms with van der Waals surface area (Å²) in [5, 5.41) is 5.52. The molecular weight excluding hydrogens is 354 g/mol. The number of nitrogens with one attached hydrogen (secondary N) is 1. The van der Waals surface area contributed by atoms with E-state index in [1.165, 1.54) is 16.0 Å². The molecule has 6 heteroatoms. The first-order chi connectivity index (χ1) is 13.2. The van der Waals surface area contributed by atoms with Gasteiger partial charge in [-0.2, -0.15) is 0 Å². The van der Waals surface area contributed by atoms with Crippen molar-refractivity contribution in [3.8, 4) is 0 Å². The highest BCUT2D eigenvalue weighted by molar-refractivity contribution is 7.09. The number of thiophene rings is 1. The van der Waals surface area contributed by atoms with Crippen molar-refractivity contribution in [3.05, 3.63) is 76.5 Å². The normalized spacial score (nSPS) is 11.6. The maximum absolute atomic E-state index is 4.81. The van der Waals surface area contributed by atoms with E-state index in [1.54, 1.807) is 6.20 Å². The van der Waals surface area contributed by atoms with Gasteiger partial charge in [-0.15, -0.1) is 11.3 Å². The molecule has 3 rings (SSSR count). The molecule has 142 valence electrons. The second kappa shape index (κ2) is 9.92. The standard InChI is InChI=1S/C21H27N5S/c1-3-23-21(25(2)12-10-20-5-4-14-27-20)24-15-18-6-8-19(9-7-18)16-26-13-11-22-17-26/h4-9,11,13-14,17H,3,10,12,15-16H2,1-2H3,(H,23,24). The van der Waals surface area contributed by atoms with E-state index in [2.05, 4.69) is 75.5 Å². The molecule has 0 unspecified atom stereocenters. The summed E-state index contributed by atoms with van der Waals surface area (Å²) >= 11 is 1.81. The number of aliphatic imine (C=N–C) groups is 1. The highest BCUT2D eigenvalue weighted by Crippen LogP contribution is 2.10. The van der Waals surface area contributed by atoms with Gasteiger partial charge in [0, 0.05) is 44.0 Å². The van der Waals surface area contributed by atoms with Crippen LogP contribution in [0.15, 0.2) is 65.5 Å². The summed E-state index contributed by atoms with van der Waals surface area (Å²) in [6, 6.07) is 12.9. The molecule has 0 aliphatic heterocycles. The molecule has 0 amide bonds. The van der Waals surface area contributed by atoms with Crippen LogP contribution in [0.5, 0.6) is 0 Å². The lowest BCUT2D eigenvalue weighted by Crippen LogP contribution is -2.39. The van der Waals surface area contributed by atoms with Crippen molar-refractivity contribution >= 4 is 17.3 Å². The lowest BCUT2D eigenvalue weighted by atomic mass is 10.1. The van der Waals surface area contributed by atoms with Gasteiger partial charge in [0.05, 0.1) is 12.9 Å². The first kappa shape index (κ1) is 19.2. The van der Waals surface area contributed by atoms with E-state index < -0.39 is 0 Å². The van der Waals surface area contributed by atoms with Crippen molar-refractivity contribution in [1.29, 1.82) is 0 Å². The molecule has 1 N–H and O–H groups in total. The lowest BCUT2D eigenvalue weighted by Gasteiger charge is -2.21. The molecule has 5 nitrogen and oxygen atoms in total. The molecule has 0 aliphatic rings. The van der Waals surface area contributed by atoms with Crippen LogP contribution in [0.1, 0.15) is 22.9 Å². The van der Waals surface area contributed by atoms with Crippen molar-refractivity contribution in [2.24, 2.45) is 4.99 Å². The number of nitrogens with zero attached hydrogens (tertiary/aromatic N) is 4. The minimum Gasteiger partial charge on any atom is -0.357 e. The molecule has 0 saturated heterocycles. The fourth-order valence-corrected chi connectivity index (χ4v) is 3.51. The van der Waals surface area contributed by atoms with Crippen LogP contribution in [0.2, 0.25) is 0 Å². The number of aromatic nitrogens is 2. The second-order valence-corrected chi connectivity index (χ2v) is 7.50. The molecule has 0 aliphatic carbocycles. The molecule has 0 bridgehead atoms. The number of rotatable bonds is 8. The van der Waals surface area contributed by atoms with Crippen LogP contribution in [0, 0.1) is 0 Å². The highest BCUT2D eigenvalue weighted by atomic mass is 32.1. The zero-order valence-corrected chi connectivity index (χ0v) is 16.8. The van der Waals surface area contributed by atoms with Crippen LogP contribution in [0.25, 0.3) is 0 Å². The first-order valence-electron chi connectivity index (χ1n) is 9.30. The third kappa shape index (κ3) is 5.96. The number of guanidine groups is 1. The maximum atomic E-state index is 4.81. The summed E-state index contributed by atoms with van der Waals surface area (Å²) in [7, 11) is 2.10. The van der Waals surface area contributed by atoms with Gasteiger partial charge in [0.15, 0.2) is 5.96 Å². The Balaban J connectivity index is 1.56. The number of benzene rings is 1. The van der Waals surface area contributed by atoms with Crippen LogP contribution in [-0.4, -0.2) is 40.5 Å². The lowest BCUT2D eigenvalue weighted by molar-refractivity contribution is 0.486. The van der Waals surface area contributed by atoms with Gasteiger partial charge in [-0.3, -0.25) is 0 Å². The van der Waals surface area contributed by atoms with Gasteiger partial charge in [-0.1, -0.05) is 30.3 Å². The van der Waals surface area contributed by atoms with Crippen LogP contribution in [-0.2, 0) is 19.5 Å². The predicted octanol–water partition coefficient (Wildman–Crippen LogP) is 3.63. The third-order valence-corrected chi connectivity index (χ3v) is 5.27. The Morgan fingerprint density at radius 2 is 2.04 bits per heavy atom. The van der Waals surface area contributed by atoms with Crippen molar-refractivity contribution in [3.63, 3.8) is 0 Å². The predicted molar refractivity (Wildman–Crippen MR) is 113 cm³/mol. The quantitative estimate of drug-likeness (QED) is 0.479. The Morgan fingerprint density at radius 3 is 2.70 bits per heavy atom. The summed E-state index contributed by atoms with van der Waals surface area (Å²) in [5.41, 5.74) is 2.48. The van der Waals surface area contributed by atoms with E-state index >= 15 is 0 Å². The van der Waals surface area contributed by atoms with E-state index in [1.807, 2.05) is 23.9 Å². The molecule has 0 saturated carbocycles. The fourth-order valence-electron chi connectivity index (χ4n) is 2.82. The largest absolute Gasteiger partial charge is 0.357 e. The summed E-state index contributed by atoms with van der Waals surface area (Å²) < 4.78 is 2.07. The van der Waals surface area contributed by atoms with Crippen molar-refractivity contribution in [2.45, 2.75) is 26.4 Å². The Kier molecular flexibility index (Phi) is 7.04. The van der Waals surface area contributed by atoms with Gasteiger partial charge >= 0.3 is 0 Å². The summed E-state index contributed by atoms with van der Waals surface area (Å²) in [4.78, 5) is 12.5. The van der Waals surface area contributed by atoms with Gasteiger partial charge in [-0.05, 0) is 35.9 Å². The van der Waals surface area contributed by atoms with E-state index in [0.29, 0.717) is 6.54 Å². The SMILES string of the molecule is CCNC(=NCc1ccc(Cn2ccnc2)cc1)N(C)CCc1cccs1. The number of hydrogen-bond donors (Lipinski definition) is 1. The van der Waals surface area contributed by atoms with Crippen LogP contribution >= 0.6 is 11.3 Å². The molecule has 2 heterocycles. The molecule has 0 radical (unpaired) electrons. The molecule has 2 aromatic heterocycles. The van der Waals surface area contributed by atoms with E-state index in [0.717, 1.165) is 32.0 Å². The second-order valence-electron chi connectivity index (χ2n) is 6.47. The van der Waals surface area contributed by atoms with Crippen molar-refractivity contribution in [1.82, 2.24) is 19.8 Å². The molecule has 3 aromatic rings. The minimum atomic E-state index is 0.678. The third-order valence-electron chi connectivity index (χ3n) is 4.33. The van der Waals surface area contributed by atoms with Gasteiger partial charge in [0.1, 0.15) is 0 Å². The summed E-state index contributed by atoms with van der Waals surface area (Å²) in [6.45, 7) is 5.45. The van der Waals surface area contributed by atoms with Crippen LogP contribution in [0.3, 0.4) is 0 Å². The smallest absolute Gasteiger partial charge is 0.193 e. The highest BCUT2D eigenvalue weighted by Gasteiger charge is 2.06. The topological polar surface area (TPSA) is 45.5 Å². The Bertz CT molecular complexity index is 807. The zero-order chi connectivity index (χ0) is 18.9. The van der Waals surface area contributed by atoms with E-state index in [9.17, 15) is 0 Å². The first-order valence-corrected chi connectivity index (χ1v) is 10.2. The molecule has 0 fully saturated rings. The number of likely N-dealkylation sites (N-methyl/N-ethyl adjacent to an activating group) is 1. The zero-order valence-electron chi connectivity index (χ0n) is 16.0. The van der Waals surface area contributed by atoms with Crippen molar-refractivity contribution in [2.75, 3.05) is 20.1 Å². The van der Waals surface area contributed by atoms with Gasteiger partial charge in [0.2, 0.25) is 0 Å². The average molecular weight is 382 g/mol. The Morgan fingerprint density at radius 1 is 1.22 bits per heavy atom. The summed E-state index contributed by atoms with van der Waals surface area (Å²) in [6.07, 6.45) is 6.67. The van der Waals surface area contributed by atoms with Gasteiger partial charge < -0.3 is 14.8 Å². The number of imidazole rings is 1. The molecule has 0 atom stereocenters. The molecule has 0 spiro atoms. The summed E-state index contributed by atoms with van der Waals surface area (Å²) in [5.74, 6) is 0.955. The molecule has 27 heavy (non-hydrogen) atoms. The molecular formula is C21H27N5S. The minimum absolute atomic E-state index is 0.678. The van der Waals surface area contributed by atoms with Gasteiger partial charge in [0.25, 0.3) is 0 Å². The monoisotopic (exact) mass is 381 g/mol. The van der Waals surface area contributed by atoms with Crippen LogP contribution in [0.4, 0.5) is 0 Å². The average Bonchev–Trinajstić information content (AvgIpc) is 3.38. The van der Waals surface area contributed by atoms with Crippen LogP contribution < -0.4 is 5.32 Å². The fraction of sp³-hybridized carbons (Fsp3) is 0.333. The van der Waals surface area contributed by atoms with Gasteiger partial charge in [-0.25, -0.2) is 9.98 Å².